The molecular weight excluding hydrogens is 456 g/mol. The number of carbonyl (C=O) groups is 2. The van der Waals surface area contributed by atoms with Gasteiger partial charge in [-0.2, -0.15) is 0 Å². The maximum Gasteiger partial charge on any atom is 0.259 e. The van der Waals surface area contributed by atoms with Gasteiger partial charge in [-0.05, 0) is 59.5 Å². The van der Waals surface area contributed by atoms with Crippen LogP contribution in [-0.4, -0.2) is 11.7 Å². The number of para-hydroxylation sites is 2. The quantitative estimate of drug-likeness (QED) is 0.328. The normalized spacial score (nSPS) is 17.5. The van der Waals surface area contributed by atoms with Gasteiger partial charge in [-0.15, -0.1) is 0 Å². The van der Waals surface area contributed by atoms with Crippen LogP contribution < -0.4 is 10.2 Å². The zero-order valence-electron chi connectivity index (χ0n) is 19.0. The third-order valence-electron chi connectivity index (χ3n) is 6.86. The first-order valence-corrected chi connectivity index (χ1v) is 12.2. The van der Waals surface area contributed by atoms with Gasteiger partial charge in [-0.1, -0.05) is 72.3 Å². The Kier molecular flexibility index (Phi) is 5.39. The van der Waals surface area contributed by atoms with Crippen molar-refractivity contribution in [3.05, 3.63) is 118 Å². The van der Waals surface area contributed by atoms with Crippen molar-refractivity contribution < 1.29 is 9.59 Å². The first kappa shape index (κ1) is 21.6. The smallest absolute Gasteiger partial charge is 0.259 e. The van der Waals surface area contributed by atoms with Crippen molar-refractivity contribution in [2.45, 2.75) is 25.3 Å². The monoisotopic (exact) mass is 478 g/mol. The molecule has 0 bridgehead atoms. The number of hydrogen-bond donors (Lipinski definition) is 1. The highest BCUT2D eigenvalue weighted by Crippen LogP contribution is 2.45. The average Bonchev–Trinajstić information content (AvgIpc) is 3.03. The number of nitrogens with one attached hydrogen (secondary N) is 1. The summed E-state index contributed by atoms with van der Waals surface area (Å²) in [6.45, 7) is 0. The fraction of sp³-hybridized carbons (Fsp3) is 0.133. The summed E-state index contributed by atoms with van der Waals surface area (Å²) in [5.74, 6) is -0.0784. The third kappa shape index (κ3) is 3.71. The fourth-order valence-electron chi connectivity index (χ4n) is 5.26. The summed E-state index contributed by atoms with van der Waals surface area (Å²) in [5, 5.41) is 6.00. The molecule has 2 aliphatic rings. The maximum absolute atomic E-state index is 14.5. The molecule has 1 N–H and O–H groups in total. The second-order valence-corrected chi connectivity index (χ2v) is 9.40. The highest BCUT2D eigenvalue weighted by molar-refractivity contribution is 6.30. The summed E-state index contributed by atoms with van der Waals surface area (Å²) in [6.07, 6.45) is 2.02. The number of amides is 1. The maximum atomic E-state index is 14.5. The van der Waals surface area contributed by atoms with Gasteiger partial charge in [-0.3, -0.25) is 14.5 Å². The number of anilines is 2. The molecule has 0 unspecified atom stereocenters. The molecular formula is C30H23ClN2O2. The van der Waals surface area contributed by atoms with E-state index >= 15 is 0 Å². The van der Waals surface area contributed by atoms with E-state index in [1.165, 1.54) is 0 Å². The minimum atomic E-state index is -0.572. The van der Waals surface area contributed by atoms with Crippen molar-refractivity contribution >= 4 is 45.4 Å². The summed E-state index contributed by atoms with van der Waals surface area (Å²) >= 11 is 6.22. The topological polar surface area (TPSA) is 49.4 Å². The van der Waals surface area contributed by atoms with E-state index in [0.717, 1.165) is 46.2 Å². The molecule has 4 aromatic carbocycles. The van der Waals surface area contributed by atoms with Crippen molar-refractivity contribution in [2.75, 3.05) is 10.2 Å². The van der Waals surface area contributed by atoms with Crippen LogP contribution >= 0.6 is 11.6 Å². The predicted molar refractivity (Wildman–Crippen MR) is 141 cm³/mol. The van der Waals surface area contributed by atoms with Gasteiger partial charge in [0, 0.05) is 28.3 Å². The van der Waals surface area contributed by atoms with Gasteiger partial charge in [0.05, 0.1) is 17.4 Å². The van der Waals surface area contributed by atoms with Gasteiger partial charge in [0.15, 0.2) is 5.78 Å². The minimum Gasteiger partial charge on any atom is -0.357 e. The van der Waals surface area contributed by atoms with E-state index in [0.29, 0.717) is 22.6 Å². The second kappa shape index (κ2) is 8.71. The SMILES string of the molecule is O=C1CCCC2=C1[C@H](c1ccc(Cl)cc1)N(C(=O)c1cccc3ccccc13)c1ccccc1N2. The Morgan fingerprint density at radius 3 is 2.46 bits per heavy atom. The number of hydrogen-bond acceptors (Lipinski definition) is 3. The van der Waals surface area contributed by atoms with Crippen LogP contribution in [0.1, 0.15) is 41.2 Å². The van der Waals surface area contributed by atoms with Gasteiger partial charge in [-0.25, -0.2) is 0 Å². The molecule has 172 valence electrons. The fourth-order valence-corrected chi connectivity index (χ4v) is 5.39. The second-order valence-electron chi connectivity index (χ2n) is 8.97. The number of rotatable bonds is 2. The number of halogens is 1. The van der Waals surface area contributed by atoms with Gasteiger partial charge in [0.2, 0.25) is 0 Å². The van der Waals surface area contributed by atoms with Crippen LogP contribution in [0.5, 0.6) is 0 Å². The lowest BCUT2D eigenvalue weighted by molar-refractivity contribution is -0.116. The number of fused-ring (bicyclic) bond motifs is 2. The molecule has 4 nitrogen and oxygen atoms in total. The minimum absolute atomic E-state index is 0.0715. The number of benzene rings is 4. The Balaban J connectivity index is 1.63. The zero-order chi connectivity index (χ0) is 23.9. The van der Waals surface area contributed by atoms with Crippen LogP contribution in [0.25, 0.3) is 10.8 Å². The molecule has 0 saturated carbocycles. The molecule has 4 aromatic rings. The van der Waals surface area contributed by atoms with Crippen LogP contribution in [0.4, 0.5) is 11.4 Å². The van der Waals surface area contributed by atoms with Crippen LogP contribution in [0, 0.1) is 0 Å². The Hall–Kier alpha value is -3.89. The number of ketones is 1. The van der Waals surface area contributed by atoms with E-state index in [-0.39, 0.29) is 11.7 Å². The molecule has 35 heavy (non-hydrogen) atoms. The molecule has 1 atom stereocenters. The third-order valence-corrected chi connectivity index (χ3v) is 7.11. The van der Waals surface area contributed by atoms with Crippen molar-refractivity contribution in [3.8, 4) is 0 Å². The van der Waals surface area contributed by atoms with Crippen molar-refractivity contribution in [1.29, 1.82) is 0 Å². The molecule has 1 heterocycles. The number of Topliss-reactive ketones (excluding diaryl/α,β-unsaturated/α-hetero) is 1. The molecule has 5 heteroatoms. The Bertz CT molecular complexity index is 1500. The number of nitrogens with zero attached hydrogens (tertiary/aromatic N) is 1. The van der Waals surface area contributed by atoms with E-state index in [1.54, 1.807) is 4.90 Å². The molecule has 0 spiro atoms. The Morgan fingerprint density at radius 2 is 1.60 bits per heavy atom. The first-order chi connectivity index (χ1) is 17.1. The van der Waals surface area contributed by atoms with Crippen LogP contribution in [-0.2, 0) is 4.79 Å². The summed E-state index contributed by atoms with van der Waals surface area (Å²) in [4.78, 5) is 29.7. The lowest BCUT2D eigenvalue weighted by Crippen LogP contribution is -2.38. The van der Waals surface area contributed by atoms with Gasteiger partial charge >= 0.3 is 0 Å². The van der Waals surface area contributed by atoms with Gasteiger partial charge in [0.1, 0.15) is 0 Å². The first-order valence-electron chi connectivity index (χ1n) is 11.8. The van der Waals surface area contributed by atoms with E-state index < -0.39 is 6.04 Å². The lowest BCUT2D eigenvalue weighted by Gasteiger charge is -2.34. The molecule has 6 rings (SSSR count). The standard InChI is InChI=1S/C30H23ClN2O2/c31-21-17-15-20(16-18-21)29-28-25(12-6-14-27(28)34)32-24-11-3-4-13-26(24)33(29)30(35)23-10-5-8-19-7-1-2-9-22(19)23/h1-5,7-11,13,15-18,29,32H,6,12,14H2/t29-/m0/s1. The summed E-state index contributed by atoms with van der Waals surface area (Å²) in [7, 11) is 0. The molecule has 0 aromatic heterocycles. The van der Waals surface area contributed by atoms with Crippen LogP contribution in [0.15, 0.2) is 102 Å². The molecule has 1 aliphatic heterocycles. The van der Waals surface area contributed by atoms with E-state index in [2.05, 4.69) is 5.32 Å². The Labute approximate surface area is 208 Å². The lowest BCUT2D eigenvalue weighted by atomic mass is 9.85. The van der Waals surface area contributed by atoms with Crippen LogP contribution in [0.3, 0.4) is 0 Å². The highest BCUT2D eigenvalue weighted by atomic mass is 35.5. The van der Waals surface area contributed by atoms with Gasteiger partial charge < -0.3 is 5.32 Å². The molecule has 0 radical (unpaired) electrons. The molecule has 0 fully saturated rings. The highest BCUT2D eigenvalue weighted by Gasteiger charge is 2.40. The van der Waals surface area contributed by atoms with E-state index in [9.17, 15) is 9.59 Å². The molecule has 1 aliphatic carbocycles. The van der Waals surface area contributed by atoms with E-state index in [1.807, 2.05) is 91.0 Å². The Morgan fingerprint density at radius 1 is 0.857 bits per heavy atom. The van der Waals surface area contributed by atoms with Crippen molar-refractivity contribution in [2.24, 2.45) is 0 Å². The zero-order valence-corrected chi connectivity index (χ0v) is 19.8. The molecule has 0 saturated heterocycles. The summed E-state index contributed by atoms with van der Waals surface area (Å²) < 4.78 is 0. The summed E-state index contributed by atoms with van der Waals surface area (Å²) in [5.41, 5.74) is 4.56. The average molecular weight is 479 g/mol. The number of allylic oxidation sites excluding steroid dienone is 1. The van der Waals surface area contributed by atoms with Crippen LogP contribution in [0.2, 0.25) is 5.02 Å². The van der Waals surface area contributed by atoms with Crippen molar-refractivity contribution in [3.63, 3.8) is 0 Å². The van der Waals surface area contributed by atoms with Crippen molar-refractivity contribution in [1.82, 2.24) is 0 Å². The number of carbonyl (C=O) groups excluding carboxylic acids is 2. The molecule has 1 amide bonds. The largest absolute Gasteiger partial charge is 0.357 e. The van der Waals surface area contributed by atoms with E-state index in [4.69, 9.17) is 11.6 Å². The predicted octanol–water partition coefficient (Wildman–Crippen LogP) is 7.31. The summed E-state index contributed by atoms with van der Waals surface area (Å²) in [6, 6.07) is 28.3. The van der Waals surface area contributed by atoms with Gasteiger partial charge in [0.25, 0.3) is 5.91 Å².